The second-order valence-corrected chi connectivity index (χ2v) is 4.07. The first-order valence-electron chi connectivity index (χ1n) is 5.39. The van der Waals surface area contributed by atoms with Crippen LogP contribution in [-0.2, 0) is 6.61 Å². The molecule has 0 radical (unpaired) electrons. The normalized spacial score (nSPS) is 10.2. The largest absolute Gasteiger partial charge is 0.489 e. The summed E-state index contributed by atoms with van der Waals surface area (Å²) in [5.74, 6) is 0.720. The number of nitrogens with one attached hydrogen (secondary N) is 1. The molecule has 3 nitrogen and oxygen atoms in total. The maximum Gasteiger partial charge on any atom is 0.145 e. The summed E-state index contributed by atoms with van der Waals surface area (Å²) < 4.78 is 18.7. The molecule has 0 unspecified atom stereocenters. The average Bonchev–Trinajstić information content (AvgIpc) is 2.40. The standard InChI is InChI=1S/C13H12ClFN2O/c1-16-13-6-9(4-5-17-13)8-18-10-2-3-11(14)12(15)7-10/h2-7H,8H2,1H3,(H,16,17). The van der Waals surface area contributed by atoms with E-state index < -0.39 is 5.82 Å². The van der Waals surface area contributed by atoms with E-state index in [1.54, 1.807) is 19.3 Å². The molecule has 0 saturated carbocycles. The molecular weight excluding hydrogens is 255 g/mol. The fourth-order valence-corrected chi connectivity index (χ4v) is 1.55. The molecule has 1 aromatic carbocycles. The minimum atomic E-state index is -0.486. The molecule has 0 saturated heterocycles. The fourth-order valence-electron chi connectivity index (χ4n) is 1.43. The first-order chi connectivity index (χ1) is 8.69. The maximum absolute atomic E-state index is 13.2. The zero-order valence-corrected chi connectivity index (χ0v) is 10.5. The van der Waals surface area contributed by atoms with Gasteiger partial charge in [-0.05, 0) is 29.8 Å². The Morgan fingerprint density at radius 2 is 2.17 bits per heavy atom. The first kappa shape index (κ1) is 12.6. The molecule has 0 aliphatic rings. The van der Waals surface area contributed by atoms with Gasteiger partial charge in [-0.1, -0.05) is 11.6 Å². The molecule has 5 heteroatoms. The van der Waals surface area contributed by atoms with Crippen molar-refractivity contribution >= 4 is 17.4 Å². The Morgan fingerprint density at radius 3 is 2.89 bits per heavy atom. The lowest BCUT2D eigenvalue weighted by atomic mass is 10.2. The van der Waals surface area contributed by atoms with Crippen LogP contribution < -0.4 is 10.1 Å². The third-order valence-electron chi connectivity index (χ3n) is 2.38. The minimum absolute atomic E-state index is 0.0868. The van der Waals surface area contributed by atoms with Crippen molar-refractivity contribution in [2.45, 2.75) is 6.61 Å². The summed E-state index contributed by atoms with van der Waals surface area (Å²) in [6, 6.07) is 8.07. The van der Waals surface area contributed by atoms with E-state index in [0.717, 1.165) is 11.4 Å². The number of nitrogens with zero attached hydrogens (tertiary/aromatic N) is 1. The van der Waals surface area contributed by atoms with E-state index in [0.29, 0.717) is 12.4 Å². The van der Waals surface area contributed by atoms with E-state index in [-0.39, 0.29) is 5.02 Å². The smallest absolute Gasteiger partial charge is 0.145 e. The number of ether oxygens (including phenoxy) is 1. The molecule has 0 bridgehead atoms. The van der Waals surface area contributed by atoms with Crippen LogP contribution in [0.1, 0.15) is 5.56 Å². The summed E-state index contributed by atoms with van der Waals surface area (Å²) in [6.45, 7) is 0.346. The molecule has 94 valence electrons. The number of aromatic nitrogens is 1. The second kappa shape index (κ2) is 5.69. The number of hydrogen-bond acceptors (Lipinski definition) is 3. The van der Waals surface area contributed by atoms with Crippen LogP contribution in [0.5, 0.6) is 5.75 Å². The van der Waals surface area contributed by atoms with Gasteiger partial charge in [0.25, 0.3) is 0 Å². The molecule has 1 aromatic heterocycles. The highest BCUT2D eigenvalue weighted by Crippen LogP contribution is 2.21. The number of benzene rings is 1. The van der Waals surface area contributed by atoms with Gasteiger partial charge < -0.3 is 10.1 Å². The summed E-state index contributed by atoms with van der Waals surface area (Å²) in [5.41, 5.74) is 0.949. The van der Waals surface area contributed by atoms with Crippen molar-refractivity contribution in [2.24, 2.45) is 0 Å². The Bertz CT molecular complexity index is 548. The van der Waals surface area contributed by atoms with Crippen LogP contribution in [0.25, 0.3) is 0 Å². The molecule has 2 rings (SSSR count). The van der Waals surface area contributed by atoms with Crippen molar-refractivity contribution < 1.29 is 9.13 Å². The topological polar surface area (TPSA) is 34.1 Å². The van der Waals surface area contributed by atoms with E-state index in [1.165, 1.54) is 12.1 Å². The number of anilines is 1. The Labute approximate surface area is 110 Å². The Hall–Kier alpha value is -1.81. The maximum atomic E-state index is 13.2. The molecule has 18 heavy (non-hydrogen) atoms. The van der Waals surface area contributed by atoms with Gasteiger partial charge in [-0.15, -0.1) is 0 Å². The van der Waals surface area contributed by atoms with Gasteiger partial charge in [0.2, 0.25) is 0 Å². The molecular formula is C13H12ClFN2O. The minimum Gasteiger partial charge on any atom is -0.489 e. The van der Waals surface area contributed by atoms with Crippen molar-refractivity contribution in [3.8, 4) is 5.75 Å². The van der Waals surface area contributed by atoms with Gasteiger partial charge in [-0.3, -0.25) is 0 Å². The Balaban J connectivity index is 2.04. The second-order valence-electron chi connectivity index (χ2n) is 3.66. The van der Waals surface area contributed by atoms with Crippen LogP contribution >= 0.6 is 11.6 Å². The molecule has 1 heterocycles. The molecule has 2 aromatic rings. The van der Waals surface area contributed by atoms with Crippen LogP contribution in [0.15, 0.2) is 36.5 Å². The van der Waals surface area contributed by atoms with E-state index in [1.807, 2.05) is 12.1 Å². The van der Waals surface area contributed by atoms with Gasteiger partial charge in [-0.25, -0.2) is 9.37 Å². The highest BCUT2D eigenvalue weighted by atomic mass is 35.5. The Kier molecular flexibility index (Phi) is 3.99. The summed E-state index contributed by atoms with van der Waals surface area (Å²) in [7, 11) is 1.79. The molecule has 1 N–H and O–H groups in total. The summed E-state index contributed by atoms with van der Waals surface area (Å²) >= 11 is 5.59. The molecule has 0 atom stereocenters. The monoisotopic (exact) mass is 266 g/mol. The van der Waals surface area contributed by atoms with Gasteiger partial charge in [0.15, 0.2) is 0 Å². The van der Waals surface area contributed by atoms with E-state index in [4.69, 9.17) is 16.3 Å². The van der Waals surface area contributed by atoms with Crippen molar-refractivity contribution in [2.75, 3.05) is 12.4 Å². The fraction of sp³-hybridized carbons (Fsp3) is 0.154. The van der Waals surface area contributed by atoms with Gasteiger partial charge in [0.1, 0.15) is 24.0 Å². The van der Waals surface area contributed by atoms with Crippen molar-refractivity contribution in [1.82, 2.24) is 4.98 Å². The first-order valence-corrected chi connectivity index (χ1v) is 5.77. The van der Waals surface area contributed by atoms with Crippen LogP contribution in [-0.4, -0.2) is 12.0 Å². The third kappa shape index (κ3) is 3.11. The predicted octanol–water partition coefficient (Wildman–Crippen LogP) is 3.49. The van der Waals surface area contributed by atoms with Crippen molar-refractivity contribution in [1.29, 1.82) is 0 Å². The lowest BCUT2D eigenvalue weighted by molar-refractivity contribution is 0.304. The van der Waals surface area contributed by atoms with E-state index in [9.17, 15) is 4.39 Å². The van der Waals surface area contributed by atoms with Crippen molar-refractivity contribution in [3.05, 3.63) is 52.9 Å². The predicted molar refractivity (Wildman–Crippen MR) is 69.5 cm³/mol. The van der Waals surface area contributed by atoms with E-state index >= 15 is 0 Å². The number of pyridine rings is 1. The van der Waals surface area contributed by atoms with Crippen LogP contribution in [0.3, 0.4) is 0 Å². The lowest BCUT2D eigenvalue weighted by Crippen LogP contribution is -1.98. The van der Waals surface area contributed by atoms with Crippen LogP contribution in [0.4, 0.5) is 10.2 Å². The zero-order valence-electron chi connectivity index (χ0n) is 9.78. The SMILES string of the molecule is CNc1cc(COc2ccc(Cl)c(F)c2)ccn1. The molecule has 0 aliphatic heterocycles. The highest BCUT2D eigenvalue weighted by Gasteiger charge is 2.02. The third-order valence-corrected chi connectivity index (χ3v) is 2.68. The van der Waals surface area contributed by atoms with Gasteiger partial charge >= 0.3 is 0 Å². The molecule has 0 amide bonds. The quantitative estimate of drug-likeness (QED) is 0.920. The highest BCUT2D eigenvalue weighted by molar-refractivity contribution is 6.30. The van der Waals surface area contributed by atoms with Crippen LogP contribution in [0, 0.1) is 5.82 Å². The number of hydrogen-bond donors (Lipinski definition) is 1. The number of rotatable bonds is 4. The van der Waals surface area contributed by atoms with Gasteiger partial charge in [0, 0.05) is 19.3 Å². The molecule has 0 aliphatic carbocycles. The number of halogens is 2. The van der Waals surface area contributed by atoms with Crippen LogP contribution in [0.2, 0.25) is 5.02 Å². The van der Waals surface area contributed by atoms with E-state index in [2.05, 4.69) is 10.3 Å². The Morgan fingerprint density at radius 1 is 1.33 bits per heavy atom. The molecule has 0 fully saturated rings. The average molecular weight is 267 g/mol. The summed E-state index contributed by atoms with van der Waals surface area (Å²) in [4.78, 5) is 4.09. The van der Waals surface area contributed by atoms with Gasteiger partial charge in [0.05, 0.1) is 5.02 Å². The molecule has 0 spiro atoms. The van der Waals surface area contributed by atoms with Gasteiger partial charge in [-0.2, -0.15) is 0 Å². The summed E-state index contributed by atoms with van der Waals surface area (Å²) in [5, 5.41) is 3.02. The summed E-state index contributed by atoms with van der Waals surface area (Å²) in [6.07, 6.45) is 1.69. The zero-order chi connectivity index (χ0) is 13.0. The van der Waals surface area contributed by atoms with Crippen molar-refractivity contribution in [3.63, 3.8) is 0 Å². The lowest BCUT2D eigenvalue weighted by Gasteiger charge is -2.07.